The summed E-state index contributed by atoms with van der Waals surface area (Å²) in [6.45, 7) is 0.198. The highest BCUT2D eigenvalue weighted by atomic mass is 32.2. The van der Waals surface area contributed by atoms with Crippen LogP contribution in [-0.2, 0) is 16.6 Å². The van der Waals surface area contributed by atoms with Crippen LogP contribution in [0.15, 0.2) is 70.3 Å². The molecule has 0 saturated heterocycles. The van der Waals surface area contributed by atoms with Gasteiger partial charge in [0.15, 0.2) is 0 Å². The van der Waals surface area contributed by atoms with E-state index in [1.165, 1.54) is 42.5 Å². The van der Waals surface area contributed by atoms with Gasteiger partial charge in [-0.25, -0.2) is 12.8 Å². The van der Waals surface area contributed by atoms with Crippen LogP contribution in [0, 0.1) is 5.82 Å². The number of rotatable bonds is 6. The Hall–Kier alpha value is -2.71. The van der Waals surface area contributed by atoms with Crippen molar-refractivity contribution in [2.24, 2.45) is 0 Å². The lowest BCUT2D eigenvalue weighted by Crippen LogP contribution is -2.22. The first-order valence-electron chi connectivity index (χ1n) is 7.63. The topological polar surface area (TPSA) is 75.3 Å². The molecule has 0 aliphatic heterocycles. The van der Waals surface area contributed by atoms with Crippen molar-refractivity contribution in [1.29, 1.82) is 0 Å². The Labute approximate surface area is 154 Å². The molecule has 134 valence electrons. The van der Waals surface area contributed by atoms with Gasteiger partial charge in [0.05, 0.1) is 0 Å². The van der Waals surface area contributed by atoms with Gasteiger partial charge in [-0.05, 0) is 53.4 Å². The van der Waals surface area contributed by atoms with E-state index in [4.69, 9.17) is 0 Å². The smallest absolute Gasteiger partial charge is 0.271 e. The van der Waals surface area contributed by atoms with Crippen LogP contribution in [-0.4, -0.2) is 14.3 Å². The Kier molecular flexibility index (Phi) is 5.34. The van der Waals surface area contributed by atoms with Gasteiger partial charge in [-0.2, -0.15) is 0 Å². The number of nitrogens with one attached hydrogen (secondary N) is 2. The fourth-order valence-electron chi connectivity index (χ4n) is 2.24. The lowest BCUT2D eigenvalue weighted by atomic mass is 10.2. The number of hydrogen-bond donors (Lipinski definition) is 2. The average molecular weight is 390 g/mol. The van der Waals surface area contributed by atoms with Crippen molar-refractivity contribution in [2.45, 2.75) is 10.8 Å². The maximum atomic E-state index is 13.1. The Morgan fingerprint density at radius 2 is 1.81 bits per heavy atom. The maximum absolute atomic E-state index is 13.1. The number of carbonyl (C=O) groups excluding carboxylic acids is 1. The molecule has 1 aromatic heterocycles. The molecule has 0 fully saturated rings. The van der Waals surface area contributed by atoms with Gasteiger partial charge in [-0.3, -0.25) is 9.52 Å². The van der Waals surface area contributed by atoms with Crippen LogP contribution in [0.5, 0.6) is 0 Å². The number of carbonyl (C=O) groups is 1. The molecule has 0 saturated carbocycles. The van der Waals surface area contributed by atoms with Gasteiger partial charge in [-0.15, -0.1) is 11.3 Å². The first-order valence-corrected chi connectivity index (χ1v) is 9.99. The summed E-state index contributed by atoms with van der Waals surface area (Å²) in [6.07, 6.45) is 0. The molecule has 8 heteroatoms. The van der Waals surface area contributed by atoms with Crippen molar-refractivity contribution in [2.75, 3.05) is 4.72 Å². The van der Waals surface area contributed by atoms with Gasteiger partial charge >= 0.3 is 0 Å². The van der Waals surface area contributed by atoms with Crippen LogP contribution in [0.1, 0.15) is 15.9 Å². The Balaban J connectivity index is 1.63. The predicted molar refractivity (Wildman–Crippen MR) is 99.1 cm³/mol. The molecule has 5 nitrogen and oxygen atoms in total. The molecule has 1 amide bonds. The summed E-state index contributed by atoms with van der Waals surface area (Å²) in [5.74, 6) is -0.693. The SMILES string of the molecule is O=C(NCc1cccc(F)c1)c1ccc(NS(=O)(=O)c2cccs2)cc1. The van der Waals surface area contributed by atoms with E-state index in [0.29, 0.717) is 16.8 Å². The number of amides is 1. The first kappa shape index (κ1) is 18.1. The Morgan fingerprint density at radius 1 is 1.04 bits per heavy atom. The van der Waals surface area contributed by atoms with Crippen LogP contribution in [0.2, 0.25) is 0 Å². The van der Waals surface area contributed by atoms with E-state index in [9.17, 15) is 17.6 Å². The molecular formula is C18H15FN2O3S2. The maximum Gasteiger partial charge on any atom is 0.271 e. The summed E-state index contributed by atoms with van der Waals surface area (Å²) >= 11 is 1.12. The van der Waals surface area contributed by atoms with Crippen molar-refractivity contribution in [3.63, 3.8) is 0 Å². The summed E-state index contributed by atoms with van der Waals surface area (Å²) in [6, 6.07) is 15.2. The highest BCUT2D eigenvalue weighted by Gasteiger charge is 2.15. The molecule has 0 atom stereocenters. The number of thiophene rings is 1. The quantitative estimate of drug-likeness (QED) is 0.675. The summed E-state index contributed by atoms with van der Waals surface area (Å²) < 4.78 is 40.1. The van der Waals surface area contributed by atoms with Crippen LogP contribution in [0.4, 0.5) is 10.1 Å². The normalized spacial score (nSPS) is 11.1. The van der Waals surface area contributed by atoms with Gasteiger partial charge in [0.2, 0.25) is 0 Å². The van der Waals surface area contributed by atoms with Gasteiger partial charge in [0, 0.05) is 17.8 Å². The fraction of sp³-hybridized carbons (Fsp3) is 0.0556. The third kappa shape index (κ3) is 4.47. The summed E-state index contributed by atoms with van der Waals surface area (Å²) in [5, 5.41) is 4.37. The minimum Gasteiger partial charge on any atom is -0.348 e. The zero-order valence-electron chi connectivity index (χ0n) is 13.5. The third-order valence-corrected chi connectivity index (χ3v) is 6.28. The second kappa shape index (κ2) is 7.67. The van der Waals surface area contributed by atoms with E-state index in [0.717, 1.165) is 11.3 Å². The highest BCUT2D eigenvalue weighted by Crippen LogP contribution is 2.20. The molecule has 0 unspecified atom stereocenters. The van der Waals surface area contributed by atoms with E-state index < -0.39 is 10.0 Å². The Bertz CT molecular complexity index is 1000. The molecule has 2 N–H and O–H groups in total. The van der Waals surface area contributed by atoms with Crippen LogP contribution < -0.4 is 10.0 Å². The molecule has 1 heterocycles. The van der Waals surface area contributed by atoms with Crippen molar-refractivity contribution in [3.05, 3.63) is 83.0 Å². The monoisotopic (exact) mass is 390 g/mol. The molecule has 0 spiro atoms. The molecule has 0 aliphatic carbocycles. The summed E-state index contributed by atoms with van der Waals surface area (Å²) in [4.78, 5) is 12.1. The number of hydrogen-bond acceptors (Lipinski definition) is 4. The number of anilines is 1. The second-order valence-corrected chi connectivity index (χ2v) is 8.28. The predicted octanol–water partition coefficient (Wildman–Crippen LogP) is 3.62. The lowest BCUT2D eigenvalue weighted by molar-refractivity contribution is 0.0951. The molecule has 0 bridgehead atoms. The van der Waals surface area contributed by atoms with Crippen molar-refractivity contribution >= 4 is 33.0 Å². The van der Waals surface area contributed by atoms with E-state index >= 15 is 0 Å². The van der Waals surface area contributed by atoms with Crippen molar-refractivity contribution in [1.82, 2.24) is 5.32 Å². The fourth-order valence-corrected chi connectivity index (χ4v) is 4.29. The van der Waals surface area contributed by atoms with Crippen LogP contribution in [0.3, 0.4) is 0 Å². The van der Waals surface area contributed by atoms with Crippen LogP contribution in [0.25, 0.3) is 0 Å². The second-order valence-electron chi connectivity index (χ2n) is 5.43. The molecular weight excluding hydrogens is 375 g/mol. The molecule has 26 heavy (non-hydrogen) atoms. The van der Waals surface area contributed by atoms with E-state index in [1.54, 1.807) is 23.6 Å². The van der Waals surface area contributed by atoms with Gasteiger partial charge in [0.1, 0.15) is 10.0 Å². The van der Waals surface area contributed by atoms with Crippen molar-refractivity contribution < 1.29 is 17.6 Å². The lowest BCUT2D eigenvalue weighted by Gasteiger charge is -2.08. The minimum absolute atomic E-state index is 0.198. The summed E-state index contributed by atoms with van der Waals surface area (Å²) in [7, 11) is -3.62. The summed E-state index contributed by atoms with van der Waals surface area (Å²) in [5.41, 5.74) is 1.39. The molecule has 2 aromatic carbocycles. The van der Waals surface area contributed by atoms with Gasteiger partial charge in [-0.1, -0.05) is 18.2 Å². The molecule has 3 rings (SSSR count). The first-order chi connectivity index (χ1) is 12.4. The number of sulfonamides is 1. The van der Waals surface area contributed by atoms with E-state index in [2.05, 4.69) is 10.0 Å². The molecule has 3 aromatic rings. The third-order valence-electron chi connectivity index (χ3n) is 3.50. The van der Waals surface area contributed by atoms with Crippen LogP contribution >= 0.6 is 11.3 Å². The standard InChI is InChI=1S/C18H15FN2O3S2/c19-15-4-1-3-13(11-15)12-20-18(22)14-6-8-16(9-7-14)21-26(23,24)17-5-2-10-25-17/h1-11,21H,12H2,(H,20,22). The van der Waals surface area contributed by atoms with E-state index in [1.807, 2.05) is 0 Å². The minimum atomic E-state index is -3.62. The largest absolute Gasteiger partial charge is 0.348 e. The zero-order chi connectivity index (χ0) is 18.6. The van der Waals surface area contributed by atoms with E-state index in [-0.39, 0.29) is 22.5 Å². The van der Waals surface area contributed by atoms with Crippen molar-refractivity contribution in [3.8, 4) is 0 Å². The van der Waals surface area contributed by atoms with Gasteiger partial charge < -0.3 is 5.32 Å². The van der Waals surface area contributed by atoms with Gasteiger partial charge in [0.25, 0.3) is 15.9 Å². The molecule has 0 aliphatic rings. The average Bonchev–Trinajstić information content (AvgIpc) is 3.16. The Morgan fingerprint density at radius 3 is 2.46 bits per heavy atom. The number of benzene rings is 2. The number of halogens is 1. The molecule has 0 radical (unpaired) electrons. The highest BCUT2D eigenvalue weighted by molar-refractivity contribution is 7.94. The zero-order valence-corrected chi connectivity index (χ0v) is 15.1.